The molecule has 0 spiro atoms. The van der Waals surface area contributed by atoms with Gasteiger partial charge in [-0.2, -0.15) is 0 Å². The summed E-state index contributed by atoms with van der Waals surface area (Å²) in [6.07, 6.45) is 85.1. The lowest BCUT2D eigenvalue weighted by molar-refractivity contribution is -0.161. The molecular weight excluding hydrogens is 1330 g/mol. The minimum absolute atomic E-state index is 0.0633. The number of hydrogen-bond acceptors (Lipinski definition) is 15. The molecule has 19 heteroatoms. The molecule has 0 heterocycles. The van der Waals surface area contributed by atoms with E-state index in [2.05, 4.69) is 186 Å². The van der Waals surface area contributed by atoms with Crippen molar-refractivity contribution < 1.29 is 80.2 Å². The van der Waals surface area contributed by atoms with Gasteiger partial charge < -0.3 is 33.8 Å². The van der Waals surface area contributed by atoms with Crippen molar-refractivity contribution in [2.75, 3.05) is 39.6 Å². The van der Waals surface area contributed by atoms with E-state index in [-0.39, 0.29) is 25.7 Å². The highest BCUT2D eigenvalue weighted by Gasteiger charge is 2.30. The molecule has 0 rings (SSSR count). The Hall–Kier alpha value is -5.32. The summed E-state index contributed by atoms with van der Waals surface area (Å²) >= 11 is 0. The molecule has 3 N–H and O–H groups in total. The van der Waals surface area contributed by atoms with Gasteiger partial charge in [0.25, 0.3) is 0 Å². The van der Waals surface area contributed by atoms with Gasteiger partial charge in [-0.1, -0.05) is 250 Å². The number of hydrogen-bond donors (Lipinski definition) is 3. The molecule has 0 amide bonds. The number of esters is 4. The van der Waals surface area contributed by atoms with Gasteiger partial charge in [-0.05, 0) is 167 Å². The Labute approximate surface area is 617 Å². The third kappa shape index (κ3) is 73.0. The minimum atomic E-state index is -5.00. The summed E-state index contributed by atoms with van der Waals surface area (Å²) in [7, 11) is -9.99. The third-order valence-electron chi connectivity index (χ3n) is 15.5. The number of carbonyl (C=O) groups is 4. The lowest BCUT2D eigenvalue weighted by Gasteiger charge is -2.21. The number of aliphatic hydroxyl groups is 1. The van der Waals surface area contributed by atoms with E-state index >= 15 is 0 Å². The minimum Gasteiger partial charge on any atom is -0.462 e. The van der Waals surface area contributed by atoms with E-state index in [1.54, 1.807) is 0 Å². The molecule has 0 saturated heterocycles. The number of unbranched alkanes of at least 4 members (excludes halogenated alkanes) is 19. The SMILES string of the molecule is CC/C=C\C/C=C\C/C=C\C/C=C\CCCCCCC(=O)OCC(COP(=O)(O)OCC(O)COP(=O)(O)OCC(COC(=O)CCCC/C=C\C/C=C\C/C=C\C/C=C\CC)OC(=O)CCCCCCC/C=C\C/C=C\CCCCC)OC(=O)CCCCCCC/C=C\C/C=C\C/C=C\CC. The van der Waals surface area contributed by atoms with E-state index in [4.69, 9.17) is 37.0 Å². The van der Waals surface area contributed by atoms with Crippen molar-refractivity contribution in [2.24, 2.45) is 0 Å². The fourth-order valence-corrected chi connectivity index (χ4v) is 11.2. The average molecular weight is 1470 g/mol. The molecule has 0 saturated carbocycles. The molecule has 5 atom stereocenters. The molecule has 17 nitrogen and oxygen atoms in total. The van der Waals surface area contributed by atoms with Crippen molar-refractivity contribution in [3.8, 4) is 0 Å². The molecule has 0 aliphatic carbocycles. The Balaban J connectivity index is 5.46. The monoisotopic (exact) mass is 1470 g/mol. The predicted octanol–water partition coefficient (Wildman–Crippen LogP) is 22.4. The van der Waals surface area contributed by atoms with Crippen LogP contribution in [0.5, 0.6) is 0 Å². The zero-order valence-corrected chi connectivity index (χ0v) is 65.0. The quantitative estimate of drug-likeness (QED) is 0.0169. The molecule has 0 aromatic rings. The number of ether oxygens (including phenoxy) is 4. The van der Waals surface area contributed by atoms with Gasteiger partial charge in [0, 0.05) is 25.7 Å². The molecule has 0 radical (unpaired) electrons. The first-order valence-corrected chi connectivity index (χ1v) is 41.7. The van der Waals surface area contributed by atoms with Gasteiger partial charge in [0.1, 0.15) is 19.3 Å². The van der Waals surface area contributed by atoms with E-state index in [0.29, 0.717) is 25.7 Å². The summed E-state index contributed by atoms with van der Waals surface area (Å²) in [5, 5.41) is 10.6. The van der Waals surface area contributed by atoms with Crippen LogP contribution in [-0.2, 0) is 65.4 Å². The fraction of sp³-hybridized carbons (Fsp3) is 0.639. The highest BCUT2D eigenvalue weighted by Crippen LogP contribution is 2.45. The lowest BCUT2D eigenvalue weighted by atomic mass is 10.1. The van der Waals surface area contributed by atoms with E-state index in [1.165, 1.54) is 19.3 Å². The number of carbonyl (C=O) groups excluding carboxylic acids is 4. The Morgan fingerprint density at radius 3 is 0.804 bits per heavy atom. The van der Waals surface area contributed by atoms with Crippen LogP contribution < -0.4 is 0 Å². The maximum Gasteiger partial charge on any atom is 0.472 e. The van der Waals surface area contributed by atoms with Gasteiger partial charge >= 0.3 is 39.5 Å². The molecule has 0 aromatic carbocycles. The van der Waals surface area contributed by atoms with Crippen molar-refractivity contribution in [1.29, 1.82) is 0 Å². The molecule has 0 aliphatic rings. The summed E-state index contributed by atoms with van der Waals surface area (Å²) in [6, 6.07) is 0. The first-order chi connectivity index (χ1) is 49.7. The van der Waals surface area contributed by atoms with Crippen LogP contribution in [-0.4, -0.2) is 96.7 Å². The average Bonchev–Trinajstić information content (AvgIpc) is 0.923. The molecule has 102 heavy (non-hydrogen) atoms. The smallest absolute Gasteiger partial charge is 0.462 e. The second kappa shape index (κ2) is 74.0. The van der Waals surface area contributed by atoms with Gasteiger partial charge in [-0.3, -0.25) is 37.3 Å². The maximum atomic E-state index is 13.1. The van der Waals surface area contributed by atoms with Crippen molar-refractivity contribution >= 4 is 39.5 Å². The van der Waals surface area contributed by atoms with Crippen LogP contribution in [0.15, 0.2) is 158 Å². The summed E-state index contributed by atoms with van der Waals surface area (Å²) < 4.78 is 68.5. The van der Waals surface area contributed by atoms with Crippen molar-refractivity contribution in [1.82, 2.24) is 0 Å². The number of rotatable bonds is 71. The highest BCUT2D eigenvalue weighted by molar-refractivity contribution is 7.47. The van der Waals surface area contributed by atoms with Crippen LogP contribution in [0.4, 0.5) is 0 Å². The van der Waals surface area contributed by atoms with Crippen LogP contribution >= 0.6 is 15.6 Å². The van der Waals surface area contributed by atoms with E-state index < -0.39 is 97.5 Å². The predicted molar refractivity (Wildman–Crippen MR) is 417 cm³/mol. The topological polar surface area (TPSA) is 237 Å². The largest absolute Gasteiger partial charge is 0.472 e. The summed E-state index contributed by atoms with van der Waals surface area (Å²) in [5.74, 6) is -2.29. The number of phosphoric acid groups is 2. The Morgan fingerprint density at radius 1 is 0.284 bits per heavy atom. The van der Waals surface area contributed by atoms with Gasteiger partial charge in [0.2, 0.25) is 0 Å². The van der Waals surface area contributed by atoms with Crippen LogP contribution in [0, 0.1) is 0 Å². The second-order valence-corrected chi connectivity index (χ2v) is 28.1. The Morgan fingerprint density at radius 2 is 0.510 bits per heavy atom. The van der Waals surface area contributed by atoms with Crippen molar-refractivity contribution in [3.63, 3.8) is 0 Å². The maximum absolute atomic E-state index is 13.1. The van der Waals surface area contributed by atoms with Gasteiger partial charge in [0.05, 0.1) is 26.4 Å². The molecule has 5 unspecified atom stereocenters. The molecule has 0 fully saturated rings. The van der Waals surface area contributed by atoms with Gasteiger partial charge in [-0.15, -0.1) is 0 Å². The molecule has 580 valence electrons. The van der Waals surface area contributed by atoms with Crippen molar-refractivity contribution in [3.05, 3.63) is 158 Å². The first kappa shape index (κ1) is 96.7. The Kier molecular flexibility index (Phi) is 70.1. The zero-order valence-electron chi connectivity index (χ0n) is 63.2. The van der Waals surface area contributed by atoms with Crippen LogP contribution in [0.3, 0.4) is 0 Å². The third-order valence-corrected chi connectivity index (χ3v) is 17.4. The van der Waals surface area contributed by atoms with Crippen LogP contribution in [0.2, 0.25) is 0 Å². The number of aliphatic hydroxyl groups excluding tert-OH is 1. The molecular formula is C83H136O17P2. The number of allylic oxidation sites excluding steroid dienone is 26. The number of phosphoric ester groups is 2. The summed E-state index contributed by atoms with van der Waals surface area (Å²) in [4.78, 5) is 72.9. The fourth-order valence-electron chi connectivity index (χ4n) is 9.66. The van der Waals surface area contributed by atoms with E-state index in [9.17, 15) is 43.2 Å². The lowest BCUT2D eigenvalue weighted by Crippen LogP contribution is -2.30. The normalized spacial score (nSPS) is 14.8. The van der Waals surface area contributed by atoms with E-state index in [0.717, 1.165) is 186 Å². The molecule has 0 aliphatic heterocycles. The summed E-state index contributed by atoms with van der Waals surface area (Å²) in [6.45, 7) is 4.38. The highest BCUT2D eigenvalue weighted by atomic mass is 31.2. The van der Waals surface area contributed by atoms with Crippen LogP contribution in [0.1, 0.15) is 285 Å². The molecule has 0 aromatic heterocycles. The molecule has 0 bridgehead atoms. The van der Waals surface area contributed by atoms with Gasteiger partial charge in [-0.25, -0.2) is 9.13 Å². The second-order valence-electron chi connectivity index (χ2n) is 25.1. The Bertz CT molecular complexity index is 2550. The first-order valence-electron chi connectivity index (χ1n) is 38.7. The van der Waals surface area contributed by atoms with E-state index in [1.807, 2.05) is 0 Å². The van der Waals surface area contributed by atoms with Gasteiger partial charge in [0.15, 0.2) is 12.2 Å². The van der Waals surface area contributed by atoms with Crippen molar-refractivity contribution in [2.45, 2.75) is 303 Å². The summed E-state index contributed by atoms with van der Waals surface area (Å²) in [5.41, 5.74) is 0. The van der Waals surface area contributed by atoms with Crippen LogP contribution in [0.25, 0.3) is 0 Å². The standard InChI is InChI=1S/C83H136O17P2/c1-5-9-13-17-21-25-29-33-37-38-42-44-48-52-56-60-64-68-81(86)94-74-79(100-83(88)70-66-62-58-54-50-46-41-36-32-28-24-20-16-12-8-4)76-98-102(91,92)96-72-77(84)71-95-101(89,90)97-75-78(99-82(87)69-65-61-57-53-49-45-40-35-31-27-23-19-15-11-7-3)73-93-80(85)67-63-59-55-51-47-43-39-34-30-26-22-18-14-10-6-2/h9-10,12-14,16,21-28,33-37,39-42,44,47,51,77-79,84H,5-8,11,15,17-20,29-32,38,43,45-46,48-50,52-76H2,1-4H3,(H,89,90)(H,91,92)/b13-9-,14-10-,16-12-,25-21-,26-22-,27-23-,28-24-,37-33-,39-34-,40-35-,41-36-,44-42-,51-47-. The zero-order chi connectivity index (χ0) is 74.6.